The standard InChI is InChI=1S/C13H19N3O/c1-11(2)16(6-3-7-17)10-12-4-5-15-13(8-12)9-14/h4-5,8,11,17H,3,6-7,10H2,1-2H3. The number of rotatable bonds is 6. The van der Waals surface area contributed by atoms with E-state index in [-0.39, 0.29) is 6.61 Å². The van der Waals surface area contributed by atoms with Gasteiger partial charge in [-0.1, -0.05) is 0 Å². The maximum absolute atomic E-state index is 8.87. The van der Waals surface area contributed by atoms with Crippen molar-refractivity contribution in [2.75, 3.05) is 13.2 Å². The van der Waals surface area contributed by atoms with E-state index >= 15 is 0 Å². The fourth-order valence-electron chi connectivity index (χ4n) is 1.66. The predicted octanol–water partition coefficient (Wildman–Crippen LogP) is 1.55. The van der Waals surface area contributed by atoms with Crippen molar-refractivity contribution in [3.63, 3.8) is 0 Å². The monoisotopic (exact) mass is 233 g/mol. The van der Waals surface area contributed by atoms with E-state index < -0.39 is 0 Å². The van der Waals surface area contributed by atoms with Crippen molar-refractivity contribution in [2.24, 2.45) is 0 Å². The van der Waals surface area contributed by atoms with E-state index in [1.54, 1.807) is 6.20 Å². The van der Waals surface area contributed by atoms with Crippen molar-refractivity contribution in [1.29, 1.82) is 5.26 Å². The molecule has 92 valence electrons. The lowest BCUT2D eigenvalue weighted by Crippen LogP contribution is -2.31. The van der Waals surface area contributed by atoms with Gasteiger partial charge < -0.3 is 5.11 Å². The molecule has 4 nitrogen and oxygen atoms in total. The van der Waals surface area contributed by atoms with Crippen LogP contribution in [0.25, 0.3) is 0 Å². The molecule has 0 aliphatic rings. The molecular weight excluding hydrogens is 214 g/mol. The van der Waals surface area contributed by atoms with Gasteiger partial charge in [0.1, 0.15) is 11.8 Å². The third-order valence-electron chi connectivity index (χ3n) is 2.66. The largest absolute Gasteiger partial charge is 0.396 e. The smallest absolute Gasteiger partial charge is 0.140 e. The van der Waals surface area contributed by atoms with Crippen LogP contribution < -0.4 is 0 Å². The Morgan fingerprint density at radius 3 is 2.88 bits per heavy atom. The van der Waals surface area contributed by atoms with Crippen molar-refractivity contribution in [1.82, 2.24) is 9.88 Å². The molecule has 1 aromatic rings. The summed E-state index contributed by atoms with van der Waals surface area (Å²) in [6.07, 6.45) is 2.44. The molecule has 0 radical (unpaired) electrons. The number of aromatic nitrogens is 1. The van der Waals surface area contributed by atoms with E-state index in [0.717, 1.165) is 25.1 Å². The molecule has 17 heavy (non-hydrogen) atoms. The van der Waals surface area contributed by atoms with E-state index in [9.17, 15) is 0 Å². The minimum Gasteiger partial charge on any atom is -0.396 e. The highest BCUT2D eigenvalue weighted by Gasteiger charge is 2.10. The summed E-state index contributed by atoms with van der Waals surface area (Å²) in [7, 11) is 0. The van der Waals surface area contributed by atoms with Crippen molar-refractivity contribution in [3.05, 3.63) is 29.6 Å². The van der Waals surface area contributed by atoms with E-state index in [4.69, 9.17) is 10.4 Å². The number of hydrogen-bond donors (Lipinski definition) is 1. The molecule has 0 bridgehead atoms. The lowest BCUT2D eigenvalue weighted by Gasteiger charge is -2.26. The van der Waals surface area contributed by atoms with Crippen LogP contribution in [0.5, 0.6) is 0 Å². The summed E-state index contributed by atoms with van der Waals surface area (Å²) in [6, 6.07) is 6.20. The average Bonchev–Trinajstić information content (AvgIpc) is 2.34. The summed E-state index contributed by atoms with van der Waals surface area (Å²) in [6.45, 7) is 6.11. The first kappa shape index (κ1) is 13.6. The normalized spacial score (nSPS) is 10.8. The molecule has 1 N–H and O–H groups in total. The Morgan fingerprint density at radius 2 is 2.29 bits per heavy atom. The van der Waals surface area contributed by atoms with Gasteiger partial charge in [-0.25, -0.2) is 4.98 Å². The molecule has 0 aliphatic carbocycles. The number of aliphatic hydroxyl groups is 1. The second-order valence-electron chi connectivity index (χ2n) is 4.30. The topological polar surface area (TPSA) is 60.1 Å². The van der Waals surface area contributed by atoms with Crippen molar-refractivity contribution in [2.45, 2.75) is 32.9 Å². The zero-order valence-electron chi connectivity index (χ0n) is 10.4. The molecule has 1 rings (SSSR count). The molecule has 0 aromatic carbocycles. The first-order valence-electron chi connectivity index (χ1n) is 5.87. The Kier molecular flexibility index (Phi) is 5.61. The molecule has 0 spiro atoms. The number of aliphatic hydroxyl groups excluding tert-OH is 1. The Hall–Kier alpha value is -1.44. The van der Waals surface area contributed by atoms with Crippen LogP contribution in [0, 0.1) is 11.3 Å². The zero-order valence-corrected chi connectivity index (χ0v) is 10.4. The Bertz CT molecular complexity index is 384. The van der Waals surface area contributed by atoms with Crippen LogP contribution in [0.15, 0.2) is 18.3 Å². The summed E-state index contributed by atoms with van der Waals surface area (Å²) in [4.78, 5) is 6.22. The van der Waals surface area contributed by atoms with Crippen molar-refractivity contribution >= 4 is 0 Å². The third kappa shape index (κ3) is 4.51. The molecule has 0 aliphatic heterocycles. The second-order valence-corrected chi connectivity index (χ2v) is 4.30. The molecule has 0 saturated heterocycles. The van der Waals surface area contributed by atoms with Crippen LogP contribution in [0.2, 0.25) is 0 Å². The molecule has 1 heterocycles. The van der Waals surface area contributed by atoms with E-state index in [1.807, 2.05) is 18.2 Å². The lowest BCUT2D eigenvalue weighted by molar-refractivity contribution is 0.185. The van der Waals surface area contributed by atoms with Crippen LogP contribution in [-0.2, 0) is 6.54 Å². The number of nitriles is 1. The highest BCUT2D eigenvalue weighted by molar-refractivity contribution is 5.25. The van der Waals surface area contributed by atoms with Gasteiger partial charge in [0.25, 0.3) is 0 Å². The SMILES string of the molecule is CC(C)N(CCCO)Cc1ccnc(C#N)c1. The minimum absolute atomic E-state index is 0.211. The molecular formula is C13H19N3O. The van der Waals surface area contributed by atoms with Crippen LogP contribution in [-0.4, -0.2) is 34.2 Å². The number of pyridine rings is 1. The predicted molar refractivity (Wildman–Crippen MR) is 66.2 cm³/mol. The molecule has 0 saturated carbocycles. The van der Waals surface area contributed by atoms with Gasteiger partial charge in [0.05, 0.1) is 0 Å². The number of hydrogen-bond acceptors (Lipinski definition) is 4. The molecule has 0 amide bonds. The van der Waals surface area contributed by atoms with Gasteiger partial charge in [-0.15, -0.1) is 0 Å². The quantitative estimate of drug-likeness (QED) is 0.809. The highest BCUT2D eigenvalue weighted by Crippen LogP contribution is 2.09. The van der Waals surface area contributed by atoms with Crippen LogP contribution in [0.3, 0.4) is 0 Å². The first-order chi connectivity index (χ1) is 8.17. The minimum atomic E-state index is 0.211. The van der Waals surface area contributed by atoms with Gasteiger partial charge in [0, 0.05) is 31.9 Å². The van der Waals surface area contributed by atoms with Crippen molar-refractivity contribution < 1.29 is 5.11 Å². The summed E-state index contributed by atoms with van der Waals surface area (Å²) in [5, 5.41) is 17.7. The highest BCUT2D eigenvalue weighted by atomic mass is 16.3. The maximum Gasteiger partial charge on any atom is 0.140 e. The summed E-state index contributed by atoms with van der Waals surface area (Å²) < 4.78 is 0. The Balaban J connectivity index is 2.68. The summed E-state index contributed by atoms with van der Waals surface area (Å²) >= 11 is 0. The van der Waals surface area contributed by atoms with E-state index in [0.29, 0.717) is 11.7 Å². The Morgan fingerprint density at radius 1 is 1.53 bits per heavy atom. The van der Waals surface area contributed by atoms with Gasteiger partial charge in [-0.3, -0.25) is 4.90 Å². The fraction of sp³-hybridized carbons (Fsp3) is 0.538. The average molecular weight is 233 g/mol. The van der Waals surface area contributed by atoms with Crippen LogP contribution in [0.4, 0.5) is 0 Å². The van der Waals surface area contributed by atoms with Gasteiger partial charge >= 0.3 is 0 Å². The van der Waals surface area contributed by atoms with E-state index in [2.05, 4.69) is 23.7 Å². The second kappa shape index (κ2) is 7.00. The molecule has 0 atom stereocenters. The summed E-state index contributed by atoms with van der Waals surface area (Å²) in [5.41, 5.74) is 1.54. The lowest BCUT2D eigenvalue weighted by atomic mass is 10.2. The van der Waals surface area contributed by atoms with Crippen LogP contribution >= 0.6 is 0 Å². The molecule has 4 heteroatoms. The van der Waals surface area contributed by atoms with Gasteiger partial charge in [0.15, 0.2) is 0 Å². The maximum atomic E-state index is 8.87. The van der Waals surface area contributed by atoms with Gasteiger partial charge in [-0.2, -0.15) is 5.26 Å². The molecule has 1 aromatic heterocycles. The van der Waals surface area contributed by atoms with Gasteiger partial charge in [0.2, 0.25) is 0 Å². The van der Waals surface area contributed by atoms with Crippen LogP contribution in [0.1, 0.15) is 31.5 Å². The Labute approximate surface area is 103 Å². The zero-order chi connectivity index (χ0) is 12.7. The third-order valence-corrected chi connectivity index (χ3v) is 2.66. The van der Waals surface area contributed by atoms with Gasteiger partial charge in [-0.05, 0) is 38.0 Å². The first-order valence-corrected chi connectivity index (χ1v) is 5.87. The fourth-order valence-corrected chi connectivity index (χ4v) is 1.66. The molecule has 0 fully saturated rings. The summed E-state index contributed by atoms with van der Waals surface area (Å²) in [5.74, 6) is 0. The number of nitrogens with zero attached hydrogens (tertiary/aromatic N) is 3. The van der Waals surface area contributed by atoms with Crippen molar-refractivity contribution in [3.8, 4) is 6.07 Å². The van der Waals surface area contributed by atoms with E-state index in [1.165, 1.54) is 0 Å². The molecule has 0 unspecified atom stereocenters.